The minimum Gasteiger partial charge on any atom is -0.370 e. The van der Waals surface area contributed by atoms with Crippen molar-refractivity contribution in [3.63, 3.8) is 0 Å². The third-order valence-electron chi connectivity index (χ3n) is 5.87. The van der Waals surface area contributed by atoms with Gasteiger partial charge in [-0.3, -0.25) is 9.79 Å². The summed E-state index contributed by atoms with van der Waals surface area (Å²) in [4.78, 5) is 18.2. The second kappa shape index (κ2) is 12.8. The Morgan fingerprint density at radius 3 is 2.31 bits per heavy atom. The number of amides is 1. The number of benzene rings is 2. The van der Waals surface area contributed by atoms with E-state index in [0.29, 0.717) is 11.4 Å². The molecule has 1 atom stereocenters. The van der Waals surface area contributed by atoms with E-state index in [1.54, 1.807) is 24.1 Å². The van der Waals surface area contributed by atoms with Crippen LogP contribution in [-0.4, -0.2) is 44.5 Å². The average molecular weight is 563 g/mol. The number of hydrogen-bond donors (Lipinski definition) is 1. The third kappa shape index (κ3) is 6.75. The molecule has 0 radical (unpaired) electrons. The van der Waals surface area contributed by atoms with Crippen molar-refractivity contribution >= 4 is 52.1 Å². The summed E-state index contributed by atoms with van der Waals surface area (Å²) in [7, 11) is 1.62. The molecule has 1 unspecified atom stereocenters. The number of anilines is 1. The normalized spacial score (nSPS) is 18.3. The molecule has 1 aliphatic heterocycles. The Morgan fingerprint density at radius 2 is 1.78 bits per heavy atom. The number of rotatable bonds is 6. The van der Waals surface area contributed by atoms with Crippen LogP contribution in [-0.2, 0) is 5.41 Å². The lowest BCUT2D eigenvalue weighted by Gasteiger charge is -2.33. The van der Waals surface area contributed by atoms with Crippen molar-refractivity contribution in [3.8, 4) is 0 Å². The van der Waals surface area contributed by atoms with Gasteiger partial charge in [0.05, 0.1) is 22.8 Å². The van der Waals surface area contributed by atoms with Gasteiger partial charge in [0.2, 0.25) is 0 Å². The monoisotopic (exact) mass is 561 g/mol. The maximum Gasteiger partial charge on any atom is 0.400 e. The van der Waals surface area contributed by atoms with E-state index < -0.39 is 17.5 Å². The van der Waals surface area contributed by atoms with Crippen LogP contribution in [0.1, 0.15) is 43.1 Å². The van der Waals surface area contributed by atoms with Gasteiger partial charge in [0.15, 0.2) is 0 Å². The maximum absolute atomic E-state index is 14.3. The Labute approximate surface area is 225 Å². The van der Waals surface area contributed by atoms with E-state index in [-0.39, 0.29) is 52.2 Å². The first-order valence-electron chi connectivity index (χ1n) is 11.4. The van der Waals surface area contributed by atoms with Crippen molar-refractivity contribution in [2.24, 2.45) is 4.99 Å². The topological polar surface area (TPSA) is 44.7 Å². The fourth-order valence-corrected chi connectivity index (χ4v) is 4.83. The quantitative estimate of drug-likeness (QED) is 0.366. The van der Waals surface area contributed by atoms with E-state index in [4.69, 9.17) is 34.8 Å². The number of alkyl halides is 3. The number of halogens is 6. The molecule has 1 N–H and O–H groups in total. The molecule has 196 valence electrons. The fourth-order valence-electron chi connectivity index (χ4n) is 4.05. The molecule has 0 spiro atoms. The lowest BCUT2D eigenvalue weighted by molar-refractivity contribution is -0.184. The average Bonchev–Trinajstić information content (AvgIpc) is 3.29. The minimum atomic E-state index is -4.52. The van der Waals surface area contributed by atoms with Gasteiger partial charge in [-0.25, -0.2) is 0 Å². The maximum atomic E-state index is 14.3. The van der Waals surface area contributed by atoms with Crippen LogP contribution in [0.25, 0.3) is 0 Å². The van der Waals surface area contributed by atoms with Crippen LogP contribution in [0.5, 0.6) is 0 Å². The summed E-state index contributed by atoms with van der Waals surface area (Å²) >= 11 is 18.3. The number of nitrogens with zero attached hydrogens (tertiary/aromatic N) is 2. The van der Waals surface area contributed by atoms with E-state index in [0.717, 1.165) is 0 Å². The van der Waals surface area contributed by atoms with Crippen LogP contribution in [0.3, 0.4) is 0 Å². The Kier molecular flexibility index (Phi) is 10.7. The molecule has 0 saturated carbocycles. The highest BCUT2D eigenvalue weighted by Crippen LogP contribution is 2.49. The molecule has 1 fully saturated rings. The zero-order valence-electron chi connectivity index (χ0n) is 20.5. The van der Waals surface area contributed by atoms with Crippen LogP contribution < -0.4 is 10.2 Å². The molecule has 1 heterocycles. The van der Waals surface area contributed by atoms with E-state index in [2.05, 4.69) is 10.3 Å². The lowest BCUT2D eigenvalue weighted by atomic mass is 9.79. The summed E-state index contributed by atoms with van der Waals surface area (Å²) in [5, 5.41) is 3.18. The van der Waals surface area contributed by atoms with Gasteiger partial charge < -0.3 is 10.2 Å². The van der Waals surface area contributed by atoms with Crippen LogP contribution in [0.15, 0.2) is 53.5 Å². The summed E-state index contributed by atoms with van der Waals surface area (Å²) < 4.78 is 43.0. The molecule has 1 saturated heterocycles. The lowest BCUT2D eigenvalue weighted by Crippen LogP contribution is -2.44. The van der Waals surface area contributed by atoms with Crippen LogP contribution in [0.2, 0.25) is 15.1 Å². The van der Waals surface area contributed by atoms with Crippen molar-refractivity contribution in [1.29, 1.82) is 0 Å². The van der Waals surface area contributed by atoms with Gasteiger partial charge in [-0.15, -0.1) is 0 Å². The molecule has 1 aliphatic rings. The Balaban J connectivity index is 0.00000222. The van der Waals surface area contributed by atoms with Gasteiger partial charge in [-0.05, 0) is 61.4 Å². The van der Waals surface area contributed by atoms with Gasteiger partial charge >= 0.3 is 6.18 Å². The standard InChI is InChI=1S/C24H23Cl3F3N3O.C2H6/c1-3-4-18(31-2)13-32-22(34)20-6-5-19(12-21(20)27)33-8-7-23(14-33,24(28,29)30)15-9-16(25)11-17(26)10-15;1-2/h3-6,9-12H,7-8,13-14H2,1-2H3,(H,32,34);1-2H3/b4-3-,31-18?;. The summed E-state index contributed by atoms with van der Waals surface area (Å²) in [6, 6.07) is 8.64. The van der Waals surface area contributed by atoms with Crippen LogP contribution >= 0.6 is 34.8 Å². The zero-order valence-corrected chi connectivity index (χ0v) is 22.8. The van der Waals surface area contributed by atoms with Crippen LogP contribution in [0, 0.1) is 0 Å². The predicted molar refractivity (Wildman–Crippen MR) is 144 cm³/mol. The molecular formula is C26H29Cl3F3N3O. The number of allylic oxidation sites excluding steroid dienone is 1. The predicted octanol–water partition coefficient (Wildman–Crippen LogP) is 7.76. The molecule has 1 amide bonds. The van der Waals surface area contributed by atoms with Crippen LogP contribution in [0.4, 0.5) is 18.9 Å². The molecule has 0 aliphatic carbocycles. The highest BCUT2D eigenvalue weighted by atomic mass is 35.5. The number of aliphatic imine (C=N–C) groups is 1. The summed E-state index contributed by atoms with van der Waals surface area (Å²) in [6.45, 7) is 5.88. The molecule has 0 bridgehead atoms. The molecular weight excluding hydrogens is 534 g/mol. The van der Waals surface area contributed by atoms with Crippen molar-refractivity contribution in [2.75, 3.05) is 31.6 Å². The van der Waals surface area contributed by atoms with Gasteiger partial charge in [-0.1, -0.05) is 54.7 Å². The first kappa shape index (κ1) is 30.0. The number of carbonyl (C=O) groups is 1. The Bertz CT molecular complexity index is 1110. The summed E-state index contributed by atoms with van der Waals surface area (Å²) in [5.74, 6) is -0.401. The molecule has 2 aromatic rings. The van der Waals surface area contributed by atoms with E-state index in [1.165, 1.54) is 30.3 Å². The summed E-state index contributed by atoms with van der Waals surface area (Å²) in [6.07, 6.45) is -1.11. The molecule has 0 aromatic heterocycles. The number of hydrogen-bond acceptors (Lipinski definition) is 3. The molecule has 4 nitrogen and oxygen atoms in total. The largest absolute Gasteiger partial charge is 0.400 e. The first-order valence-corrected chi connectivity index (χ1v) is 12.6. The van der Waals surface area contributed by atoms with Crippen molar-refractivity contribution in [3.05, 3.63) is 74.7 Å². The number of carbonyl (C=O) groups excluding carboxylic acids is 1. The number of nitrogens with one attached hydrogen (secondary N) is 1. The highest BCUT2D eigenvalue weighted by Gasteiger charge is 2.59. The van der Waals surface area contributed by atoms with Crippen molar-refractivity contribution < 1.29 is 18.0 Å². The zero-order chi connectivity index (χ0) is 27.1. The Morgan fingerprint density at radius 1 is 1.14 bits per heavy atom. The first-order chi connectivity index (χ1) is 17.0. The fraction of sp³-hybridized carbons (Fsp3) is 0.385. The smallest absolute Gasteiger partial charge is 0.370 e. The molecule has 36 heavy (non-hydrogen) atoms. The molecule has 2 aromatic carbocycles. The van der Waals surface area contributed by atoms with Gasteiger partial charge in [0.25, 0.3) is 5.91 Å². The molecule has 3 rings (SSSR count). The van der Waals surface area contributed by atoms with E-state index in [9.17, 15) is 18.0 Å². The van der Waals surface area contributed by atoms with Crippen molar-refractivity contribution in [2.45, 2.75) is 38.8 Å². The van der Waals surface area contributed by atoms with E-state index in [1.807, 2.05) is 26.8 Å². The van der Waals surface area contributed by atoms with Crippen molar-refractivity contribution in [1.82, 2.24) is 5.32 Å². The van der Waals surface area contributed by atoms with Gasteiger partial charge in [0.1, 0.15) is 5.41 Å². The minimum absolute atomic E-state index is 0.0246. The van der Waals surface area contributed by atoms with Gasteiger partial charge in [-0.2, -0.15) is 13.2 Å². The third-order valence-corrected chi connectivity index (χ3v) is 6.61. The second-order valence-corrected chi connectivity index (χ2v) is 9.25. The highest BCUT2D eigenvalue weighted by molar-refractivity contribution is 6.35. The second-order valence-electron chi connectivity index (χ2n) is 7.97. The van der Waals surface area contributed by atoms with E-state index >= 15 is 0 Å². The molecule has 10 heteroatoms. The summed E-state index contributed by atoms with van der Waals surface area (Å²) in [5.41, 5.74) is -0.705. The SMILES string of the molecule is C/C=C\C(CNC(=O)c1ccc(N2CCC(c3cc(Cl)cc(Cl)c3)(C(F)(F)F)C2)cc1Cl)=NC.CC. The Hall–Kier alpha value is -2.22. The van der Waals surface area contributed by atoms with Gasteiger partial charge in [0, 0.05) is 35.9 Å².